The van der Waals surface area contributed by atoms with Gasteiger partial charge in [-0.15, -0.1) is 12.4 Å². The van der Waals surface area contributed by atoms with Gasteiger partial charge in [0.05, 0.1) is 0 Å². The van der Waals surface area contributed by atoms with Gasteiger partial charge >= 0.3 is 0 Å². The number of nitrogens with one attached hydrogen (secondary N) is 2. The molecule has 0 unspecified atom stereocenters. The fourth-order valence-electron chi connectivity index (χ4n) is 2.92. The summed E-state index contributed by atoms with van der Waals surface area (Å²) in [5, 5.41) is 5.71. The van der Waals surface area contributed by atoms with E-state index >= 15 is 0 Å². The first-order chi connectivity index (χ1) is 10.0. The van der Waals surface area contributed by atoms with Gasteiger partial charge in [-0.1, -0.05) is 12.5 Å². The van der Waals surface area contributed by atoms with Crippen molar-refractivity contribution in [1.82, 2.24) is 0 Å². The second-order valence-corrected chi connectivity index (χ2v) is 5.73. The Labute approximate surface area is 137 Å². The van der Waals surface area contributed by atoms with E-state index in [4.69, 9.17) is 5.73 Å². The molecular formula is C16H24ClN3O2. The molecule has 0 heterocycles. The monoisotopic (exact) mass is 325 g/mol. The average molecular weight is 326 g/mol. The van der Waals surface area contributed by atoms with E-state index in [9.17, 15) is 9.59 Å². The number of carbonyl (C=O) groups excluding carboxylic acids is 2. The molecule has 122 valence electrons. The van der Waals surface area contributed by atoms with Crippen molar-refractivity contribution in [1.29, 1.82) is 0 Å². The fraction of sp³-hybridized carbons (Fsp3) is 0.500. The first-order valence-corrected chi connectivity index (χ1v) is 7.40. The lowest BCUT2D eigenvalue weighted by molar-refractivity contribution is -0.120. The number of hydrogen-bond acceptors (Lipinski definition) is 3. The van der Waals surface area contributed by atoms with E-state index in [0.29, 0.717) is 12.2 Å². The highest BCUT2D eigenvalue weighted by molar-refractivity contribution is 5.95. The van der Waals surface area contributed by atoms with E-state index in [2.05, 4.69) is 10.6 Å². The summed E-state index contributed by atoms with van der Waals surface area (Å²) in [5.74, 6) is 0.187. The molecular weight excluding hydrogens is 302 g/mol. The van der Waals surface area contributed by atoms with Crippen LogP contribution in [0, 0.1) is 18.8 Å². The summed E-state index contributed by atoms with van der Waals surface area (Å²) in [4.78, 5) is 23.5. The van der Waals surface area contributed by atoms with Crippen molar-refractivity contribution in [2.24, 2.45) is 17.6 Å². The molecule has 1 fully saturated rings. The smallest absolute Gasteiger partial charge is 0.227 e. The third-order valence-corrected chi connectivity index (χ3v) is 4.11. The van der Waals surface area contributed by atoms with Gasteiger partial charge in [-0.2, -0.15) is 0 Å². The Morgan fingerprint density at radius 3 is 2.64 bits per heavy atom. The minimum Gasteiger partial charge on any atom is -0.330 e. The zero-order valence-electron chi connectivity index (χ0n) is 13.0. The van der Waals surface area contributed by atoms with Gasteiger partial charge in [0.15, 0.2) is 0 Å². The Hall–Kier alpha value is -1.59. The van der Waals surface area contributed by atoms with Crippen LogP contribution in [0.1, 0.15) is 31.7 Å². The molecule has 0 radical (unpaired) electrons. The van der Waals surface area contributed by atoms with Crippen molar-refractivity contribution < 1.29 is 9.59 Å². The summed E-state index contributed by atoms with van der Waals surface area (Å²) in [6.45, 7) is 3.94. The molecule has 1 aliphatic rings. The van der Waals surface area contributed by atoms with E-state index in [-0.39, 0.29) is 36.1 Å². The predicted octanol–water partition coefficient (Wildman–Crippen LogP) is 2.69. The lowest BCUT2D eigenvalue weighted by atomic mass is 9.95. The molecule has 22 heavy (non-hydrogen) atoms. The molecule has 4 N–H and O–H groups in total. The Bertz CT molecular complexity index is 548. The number of carbonyl (C=O) groups is 2. The first kappa shape index (κ1) is 18.5. The Morgan fingerprint density at radius 2 is 2.00 bits per heavy atom. The van der Waals surface area contributed by atoms with Crippen LogP contribution in [0.3, 0.4) is 0 Å². The Balaban J connectivity index is 0.00000242. The third kappa shape index (κ3) is 4.45. The van der Waals surface area contributed by atoms with Gasteiger partial charge in [0.1, 0.15) is 0 Å². The number of rotatable bonds is 4. The number of hydrogen-bond donors (Lipinski definition) is 3. The number of aryl methyl sites for hydroxylation is 1. The number of benzene rings is 1. The van der Waals surface area contributed by atoms with Gasteiger partial charge in [-0.3, -0.25) is 9.59 Å². The molecule has 1 aliphatic carbocycles. The summed E-state index contributed by atoms with van der Waals surface area (Å²) in [6.07, 6.45) is 2.99. The van der Waals surface area contributed by atoms with Gasteiger partial charge in [0, 0.05) is 24.2 Å². The quantitative estimate of drug-likeness (QED) is 0.795. The molecule has 0 bridgehead atoms. The summed E-state index contributed by atoms with van der Waals surface area (Å²) in [7, 11) is 0. The van der Waals surface area contributed by atoms with E-state index < -0.39 is 0 Å². The van der Waals surface area contributed by atoms with E-state index in [1.54, 1.807) is 6.07 Å². The summed E-state index contributed by atoms with van der Waals surface area (Å²) in [6, 6.07) is 5.53. The highest BCUT2D eigenvalue weighted by Gasteiger charge is 2.31. The Morgan fingerprint density at radius 1 is 1.27 bits per heavy atom. The highest BCUT2D eigenvalue weighted by atomic mass is 35.5. The van der Waals surface area contributed by atoms with Crippen LogP contribution in [0.15, 0.2) is 18.2 Å². The maximum Gasteiger partial charge on any atom is 0.227 e. The van der Waals surface area contributed by atoms with Gasteiger partial charge in [0.2, 0.25) is 11.8 Å². The molecule has 1 aromatic rings. The van der Waals surface area contributed by atoms with Gasteiger partial charge in [-0.05, 0) is 49.9 Å². The summed E-state index contributed by atoms with van der Waals surface area (Å²) in [5.41, 5.74) is 8.12. The van der Waals surface area contributed by atoms with Crippen LogP contribution >= 0.6 is 12.4 Å². The predicted molar refractivity (Wildman–Crippen MR) is 91.2 cm³/mol. The minimum atomic E-state index is -0.124. The molecule has 5 nitrogen and oxygen atoms in total. The average Bonchev–Trinajstić information content (AvgIpc) is 2.90. The topological polar surface area (TPSA) is 84.2 Å². The van der Waals surface area contributed by atoms with Crippen LogP contribution in [0.25, 0.3) is 0 Å². The minimum absolute atomic E-state index is 0. The number of anilines is 2. The molecule has 0 spiro atoms. The van der Waals surface area contributed by atoms with Crippen molar-refractivity contribution >= 4 is 35.6 Å². The zero-order chi connectivity index (χ0) is 15.4. The zero-order valence-corrected chi connectivity index (χ0v) is 13.8. The van der Waals surface area contributed by atoms with Gasteiger partial charge in [0.25, 0.3) is 0 Å². The van der Waals surface area contributed by atoms with Crippen molar-refractivity contribution in [3.63, 3.8) is 0 Å². The molecule has 0 aliphatic heterocycles. The summed E-state index contributed by atoms with van der Waals surface area (Å²) >= 11 is 0. The molecule has 2 atom stereocenters. The normalized spacial score (nSPS) is 20.1. The molecule has 6 heteroatoms. The molecule has 0 saturated heterocycles. The SMILES string of the molecule is CC(=O)Nc1cc(NC(=O)[C@@H]2CCC[C@@H]2CN)ccc1C.Cl. The maximum absolute atomic E-state index is 12.3. The third-order valence-electron chi connectivity index (χ3n) is 4.11. The second kappa shape index (κ2) is 8.15. The lowest BCUT2D eigenvalue weighted by Crippen LogP contribution is -2.29. The molecule has 0 aromatic heterocycles. The van der Waals surface area contributed by atoms with Gasteiger partial charge in [-0.25, -0.2) is 0 Å². The van der Waals surface area contributed by atoms with Crippen LogP contribution in [-0.4, -0.2) is 18.4 Å². The molecule has 1 saturated carbocycles. The van der Waals surface area contributed by atoms with Crippen LogP contribution < -0.4 is 16.4 Å². The number of amides is 2. The molecule has 2 amide bonds. The largest absolute Gasteiger partial charge is 0.330 e. The number of halogens is 1. The van der Waals surface area contributed by atoms with Gasteiger partial charge < -0.3 is 16.4 Å². The number of nitrogens with two attached hydrogens (primary N) is 1. The van der Waals surface area contributed by atoms with Crippen LogP contribution in [-0.2, 0) is 9.59 Å². The summed E-state index contributed by atoms with van der Waals surface area (Å²) < 4.78 is 0. The highest BCUT2D eigenvalue weighted by Crippen LogP contribution is 2.32. The van der Waals surface area contributed by atoms with Crippen molar-refractivity contribution in [2.75, 3.05) is 17.2 Å². The molecule has 2 rings (SSSR count). The second-order valence-electron chi connectivity index (χ2n) is 5.73. The van der Waals surface area contributed by atoms with Crippen molar-refractivity contribution in [3.05, 3.63) is 23.8 Å². The lowest BCUT2D eigenvalue weighted by Gasteiger charge is -2.18. The van der Waals surface area contributed by atoms with Crippen LogP contribution in [0.2, 0.25) is 0 Å². The standard InChI is InChI=1S/C16H23N3O2.ClH/c1-10-6-7-13(8-15(10)18-11(2)20)19-16(21)14-5-3-4-12(14)9-17;/h6-8,12,14H,3-5,9,17H2,1-2H3,(H,18,20)(H,19,21);1H/t12-,14-;/m1./s1. The first-order valence-electron chi connectivity index (χ1n) is 7.40. The van der Waals surface area contributed by atoms with Crippen LogP contribution in [0.5, 0.6) is 0 Å². The van der Waals surface area contributed by atoms with E-state index in [1.165, 1.54) is 6.92 Å². The van der Waals surface area contributed by atoms with E-state index in [0.717, 1.165) is 30.5 Å². The molecule has 1 aromatic carbocycles. The van der Waals surface area contributed by atoms with Crippen molar-refractivity contribution in [3.8, 4) is 0 Å². The van der Waals surface area contributed by atoms with Crippen LogP contribution in [0.4, 0.5) is 11.4 Å². The maximum atomic E-state index is 12.3. The fourth-order valence-corrected chi connectivity index (χ4v) is 2.92. The van der Waals surface area contributed by atoms with E-state index in [1.807, 2.05) is 19.1 Å². The Kier molecular flexibility index (Phi) is 6.84. The van der Waals surface area contributed by atoms with Crippen molar-refractivity contribution in [2.45, 2.75) is 33.1 Å².